The molecule has 7 heteroatoms. The largest absolute Gasteiger partial charge is 0.416 e. The Morgan fingerprint density at radius 1 is 1.30 bits per heavy atom. The van der Waals surface area contributed by atoms with Gasteiger partial charge in [-0.05, 0) is 24.5 Å². The summed E-state index contributed by atoms with van der Waals surface area (Å²) in [4.78, 5) is 4.10. The SMILES string of the molecule is CN=C(NCCOC)NCC1(c2cccc(C(F)(F)F)c2)CC1. The van der Waals surface area contributed by atoms with E-state index in [1.807, 2.05) is 0 Å². The number of benzene rings is 1. The molecule has 1 aromatic carbocycles. The van der Waals surface area contributed by atoms with Crippen LogP contribution in [-0.2, 0) is 16.3 Å². The Morgan fingerprint density at radius 2 is 2.04 bits per heavy atom. The monoisotopic (exact) mass is 329 g/mol. The molecule has 1 aliphatic carbocycles. The lowest BCUT2D eigenvalue weighted by Gasteiger charge is -2.20. The minimum atomic E-state index is -4.31. The minimum absolute atomic E-state index is 0.236. The van der Waals surface area contributed by atoms with Crippen LogP contribution in [0.4, 0.5) is 13.2 Å². The summed E-state index contributed by atoms with van der Waals surface area (Å²) >= 11 is 0. The maximum absolute atomic E-state index is 12.9. The van der Waals surface area contributed by atoms with Crippen LogP contribution in [0, 0.1) is 0 Å². The van der Waals surface area contributed by atoms with Gasteiger partial charge in [-0.15, -0.1) is 0 Å². The Morgan fingerprint density at radius 3 is 2.61 bits per heavy atom. The maximum Gasteiger partial charge on any atom is 0.416 e. The van der Waals surface area contributed by atoms with Crippen molar-refractivity contribution in [2.24, 2.45) is 4.99 Å². The van der Waals surface area contributed by atoms with E-state index < -0.39 is 11.7 Å². The van der Waals surface area contributed by atoms with Gasteiger partial charge in [0.05, 0.1) is 12.2 Å². The summed E-state index contributed by atoms with van der Waals surface area (Å²) < 4.78 is 43.5. The molecule has 4 nitrogen and oxygen atoms in total. The number of rotatable bonds is 6. The lowest BCUT2D eigenvalue weighted by atomic mass is 9.94. The van der Waals surface area contributed by atoms with E-state index in [1.54, 1.807) is 20.2 Å². The third kappa shape index (κ3) is 4.60. The molecule has 1 fully saturated rings. The first kappa shape index (κ1) is 17.6. The fourth-order valence-corrected chi connectivity index (χ4v) is 2.49. The average Bonchev–Trinajstić information content (AvgIpc) is 3.31. The Balaban J connectivity index is 2.00. The molecule has 0 atom stereocenters. The number of hydrogen-bond donors (Lipinski definition) is 2. The Labute approximate surface area is 134 Å². The van der Waals surface area contributed by atoms with Crippen molar-refractivity contribution in [3.05, 3.63) is 35.4 Å². The normalized spacial score (nSPS) is 17.0. The van der Waals surface area contributed by atoms with E-state index in [2.05, 4.69) is 15.6 Å². The molecule has 0 radical (unpaired) electrons. The summed E-state index contributed by atoms with van der Waals surface area (Å²) in [5, 5.41) is 6.28. The maximum atomic E-state index is 12.9. The summed E-state index contributed by atoms with van der Waals surface area (Å²) in [6.45, 7) is 1.73. The van der Waals surface area contributed by atoms with Crippen molar-refractivity contribution in [1.82, 2.24) is 10.6 Å². The van der Waals surface area contributed by atoms with Crippen LogP contribution in [0.5, 0.6) is 0 Å². The first-order valence-corrected chi connectivity index (χ1v) is 7.52. The number of hydrogen-bond acceptors (Lipinski definition) is 2. The molecule has 1 aliphatic rings. The zero-order chi connectivity index (χ0) is 16.9. The van der Waals surface area contributed by atoms with Gasteiger partial charge in [-0.25, -0.2) is 0 Å². The predicted molar refractivity (Wildman–Crippen MR) is 83.6 cm³/mol. The van der Waals surface area contributed by atoms with Crippen molar-refractivity contribution in [1.29, 1.82) is 0 Å². The van der Waals surface area contributed by atoms with Gasteiger partial charge in [0.15, 0.2) is 5.96 Å². The second-order valence-corrected chi connectivity index (χ2v) is 5.70. The molecule has 128 valence electrons. The molecular weight excluding hydrogens is 307 g/mol. The molecule has 0 heterocycles. The van der Waals surface area contributed by atoms with Gasteiger partial charge in [-0.2, -0.15) is 13.2 Å². The molecule has 0 aromatic heterocycles. The third-order valence-corrected chi connectivity index (χ3v) is 4.07. The number of guanidine groups is 1. The van der Waals surface area contributed by atoms with Crippen LogP contribution in [0.2, 0.25) is 0 Å². The zero-order valence-electron chi connectivity index (χ0n) is 13.3. The molecule has 0 saturated heterocycles. The Hall–Kier alpha value is -1.76. The topological polar surface area (TPSA) is 45.7 Å². The summed E-state index contributed by atoms with van der Waals surface area (Å²) in [6, 6.07) is 5.61. The quantitative estimate of drug-likeness (QED) is 0.479. The lowest BCUT2D eigenvalue weighted by molar-refractivity contribution is -0.137. The van der Waals surface area contributed by atoms with Crippen LogP contribution < -0.4 is 10.6 Å². The molecule has 0 unspecified atom stereocenters. The Kier molecular flexibility index (Phi) is 5.51. The Bertz CT molecular complexity index is 554. The summed E-state index contributed by atoms with van der Waals surface area (Å²) in [7, 11) is 3.27. The van der Waals surface area contributed by atoms with Crippen LogP contribution in [0.3, 0.4) is 0 Å². The van der Waals surface area contributed by atoms with E-state index in [-0.39, 0.29) is 5.41 Å². The summed E-state index contributed by atoms with van der Waals surface area (Å²) in [5.41, 5.74) is -0.101. The van der Waals surface area contributed by atoms with Crippen molar-refractivity contribution in [3.63, 3.8) is 0 Å². The number of nitrogens with one attached hydrogen (secondary N) is 2. The minimum Gasteiger partial charge on any atom is -0.383 e. The summed E-state index contributed by atoms with van der Waals surface area (Å²) in [6.07, 6.45) is -2.57. The fraction of sp³-hybridized carbons (Fsp3) is 0.562. The molecule has 1 aromatic rings. The lowest BCUT2D eigenvalue weighted by Crippen LogP contribution is -2.42. The number of methoxy groups -OCH3 is 1. The van der Waals surface area contributed by atoms with Gasteiger partial charge in [0, 0.05) is 32.7 Å². The molecule has 0 bridgehead atoms. The van der Waals surface area contributed by atoms with Gasteiger partial charge < -0.3 is 15.4 Å². The highest BCUT2D eigenvalue weighted by Gasteiger charge is 2.45. The van der Waals surface area contributed by atoms with E-state index in [9.17, 15) is 13.2 Å². The van der Waals surface area contributed by atoms with Crippen LogP contribution in [0.25, 0.3) is 0 Å². The molecule has 23 heavy (non-hydrogen) atoms. The first-order chi connectivity index (χ1) is 10.9. The molecule has 2 rings (SSSR count). The zero-order valence-corrected chi connectivity index (χ0v) is 13.3. The van der Waals surface area contributed by atoms with Crippen molar-refractivity contribution in [2.75, 3.05) is 33.9 Å². The molecular formula is C16H22F3N3O. The van der Waals surface area contributed by atoms with Gasteiger partial charge in [0.1, 0.15) is 0 Å². The molecule has 0 spiro atoms. The predicted octanol–water partition coefficient (Wildman–Crippen LogP) is 2.55. The third-order valence-electron chi connectivity index (χ3n) is 4.07. The van der Waals surface area contributed by atoms with Gasteiger partial charge in [0.25, 0.3) is 0 Å². The van der Waals surface area contributed by atoms with E-state index in [0.717, 1.165) is 24.5 Å². The highest BCUT2D eigenvalue weighted by Crippen LogP contribution is 2.48. The van der Waals surface area contributed by atoms with E-state index in [0.29, 0.717) is 25.7 Å². The van der Waals surface area contributed by atoms with Crippen LogP contribution >= 0.6 is 0 Å². The highest BCUT2D eigenvalue weighted by atomic mass is 19.4. The smallest absolute Gasteiger partial charge is 0.383 e. The number of alkyl halides is 3. The van der Waals surface area contributed by atoms with Crippen molar-refractivity contribution in [2.45, 2.75) is 24.4 Å². The van der Waals surface area contributed by atoms with Gasteiger partial charge in [0.2, 0.25) is 0 Å². The van der Waals surface area contributed by atoms with Crippen LogP contribution in [-0.4, -0.2) is 39.8 Å². The van der Waals surface area contributed by atoms with E-state index >= 15 is 0 Å². The number of halogens is 3. The highest BCUT2D eigenvalue weighted by molar-refractivity contribution is 5.79. The number of aliphatic imine (C=N–C) groups is 1. The first-order valence-electron chi connectivity index (χ1n) is 7.52. The number of nitrogens with zero attached hydrogens (tertiary/aromatic N) is 1. The summed E-state index contributed by atoms with van der Waals surface area (Å²) in [5.74, 6) is 0.625. The average molecular weight is 329 g/mol. The molecule has 2 N–H and O–H groups in total. The van der Waals surface area contributed by atoms with E-state index in [1.165, 1.54) is 12.1 Å². The van der Waals surface area contributed by atoms with Crippen molar-refractivity contribution in [3.8, 4) is 0 Å². The van der Waals surface area contributed by atoms with E-state index in [4.69, 9.17) is 4.74 Å². The second-order valence-electron chi connectivity index (χ2n) is 5.70. The van der Waals surface area contributed by atoms with Gasteiger partial charge >= 0.3 is 6.18 Å². The van der Waals surface area contributed by atoms with Crippen LogP contribution in [0.15, 0.2) is 29.3 Å². The van der Waals surface area contributed by atoms with Gasteiger partial charge in [-0.1, -0.05) is 18.2 Å². The molecule has 1 saturated carbocycles. The van der Waals surface area contributed by atoms with Gasteiger partial charge in [-0.3, -0.25) is 4.99 Å². The van der Waals surface area contributed by atoms with Crippen LogP contribution in [0.1, 0.15) is 24.0 Å². The van der Waals surface area contributed by atoms with Crippen molar-refractivity contribution < 1.29 is 17.9 Å². The fourth-order valence-electron chi connectivity index (χ4n) is 2.49. The molecule has 0 amide bonds. The second kappa shape index (κ2) is 7.21. The van der Waals surface area contributed by atoms with Crippen molar-refractivity contribution >= 4 is 5.96 Å². The number of ether oxygens (including phenoxy) is 1. The standard InChI is InChI=1S/C16H22F3N3O/c1-20-14(21-8-9-23-2)22-11-15(6-7-15)12-4-3-5-13(10-12)16(17,18)19/h3-5,10H,6-9,11H2,1-2H3,(H2,20,21,22). The molecule has 0 aliphatic heterocycles.